The summed E-state index contributed by atoms with van der Waals surface area (Å²) in [4.78, 5) is 12.3. The normalized spacial score (nSPS) is 18.2. The van der Waals surface area contributed by atoms with Gasteiger partial charge in [0, 0.05) is 12.5 Å². The van der Waals surface area contributed by atoms with Gasteiger partial charge in [-0.25, -0.2) is 0 Å². The summed E-state index contributed by atoms with van der Waals surface area (Å²) in [6, 6.07) is 5.12. The molecule has 2 unspecified atom stereocenters. The van der Waals surface area contributed by atoms with Gasteiger partial charge in [0.05, 0.1) is 11.1 Å². The fourth-order valence-electron chi connectivity index (χ4n) is 2.77. The van der Waals surface area contributed by atoms with Crippen LogP contribution in [0.2, 0.25) is 0 Å². The maximum Gasteiger partial charge on any atom is 0.416 e. The second-order valence-corrected chi connectivity index (χ2v) is 6.69. The lowest BCUT2D eigenvalue weighted by atomic mass is 9.93. The van der Waals surface area contributed by atoms with Gasteiger partial charge in [0.1, 0.15) is 0 Å². The average molecular weight is 365 g/mol. The summed E-state index contributed by atoms with van der Waals surface area (Å²) in [5.41, 5.74) is 5.17. The molecule has 1 aromatic carbocycles. The molecular weight excluding hydrogens is 341 g/mol. The third kappa shape index (κ3) is 5.11. The minimum atomic E-state index is -4.37. The molecule has 0 aliphatic heterocycles. The zero-order chi connectivity index (χ0) is 17.3. The topological polar surface area (TPSA) is 55.1 Å². The minimum absolute atomic E-state index is 0. The van der Waals surface area contributed by atoms with Gasteiger partial charge in [-0.2, -0.15) is 13.2 Å². The number of nitrogens with two attached hydrogens (primary N) is 1. The van der Waals surface area contributed by atoms with Crippen LogP contribution < -0.4 is 11.1 Å². The highest BCUT2D eigenvalue weighted by Crippen LogP contribution is 2.39. The highest BCUT2D eigenvalue weighted by Gasteiger charge is 2.42. The van der Waals surface area contributed by atoms with E-state index in [2.05, 4.69) is 5.32 Å². The van der Waals surface area contributed by atoms with Gasteiger partial charge in [0.15, 0.2) is 0 Å². The van der Waals surface area contributed by atoms with Gasteiger partial charge >= 0.3 is 6.18 Å². The molecule has 2 rings (SSSR count). The van der Waals surface area contributed by atoms with E-state index in [9.17, 15) is 18.0 Å². The Bertz CT molecular complexity index is 575. The molecular formula is C17H24ClF3N2O. The summed E-state index contributed by atoms with van der Waals surface area (Å²) in [7, 11) is 0. The number of hydrogen-bond acceptors (Lipinski definition) is 2. The van der Waals surface area contributed by atoms with E-state index in [1.807, 2.05) is 6.92 Å². The van der Waals surface area contributed by atoms with Crippen LogP contribution in [0.15, 0.2) is 24.3 Å². The number of halogens is 4. The van der Waals surface area contributed by atoms with Gasteiger partial charge in [-0.1, -0.05) is 25.1 Å². The molecule has 24 heavy (non-hydrogen) atoms. The van der Waals surface area contributed by atoms with E-state index >= 15 is 0 Å². The van der Waals surface area contributed by atoms with Crippen LogP contribution in [0, 0.1) is 11.8 Å². The molecule has 1 aromatic rings. The fraction of sp³-hybridized carbons (Fsp3) is 0.588. The number of carbonyl (C=O) groups excluding carboxylic acids is 1. The maximum absolute atomic E-state index is 12.7. The zero-order valence-corrected chi connectivity index (χ0v) is 14.6. The Hall–Kier alpha value is -1.27. The molecule has 1 aliphatic rings. The van der Waals surface area contributed by atoms with Crippen LogP contribution in [-0.4, -0.2) is 18.0 Å². The molecule has 2 atom stereocenters. The van der Waals surface area contributed by atoms with Gasteiger partial charge in [-0.15, -0.1) is 12.4 Å². The molecule has 0 saturated heterocycles. The molecule has 1 fully saturated rings. The first-order valence-corrected chi connectivity index (χ1v) is 7.84. The standard InChI is InChI=1S/C17H23F3N2O.ClH/c1-11(15(23)22-16(2,10-21)13-6-7-13)8-12-4-3-5-14(9-12)17(18,19)20;/h3-5,9,11,13H,6-8,10,21H2,1-2H3,(H,22,23);1H. The van der Waals surface area contributed by atoms with Crippen molar-refractivity contribution in [3.63, 3.8) is 0 Å². The Kier molecular flexibility index (Phi) is 6.70. The van der Waals surface area contributed by atoms with Crippen molar-refractivity contribution >= 4 is 18.3 Å². The van der Waals surface area contributed by atoms with Crippen molar-refractivity contribution in [3.8, 4) is 0 Å². The summed E-state index contributed by atoms with van der Waals surface area (Å²) in [6.07, 6.45) is -2.00. The average Bonchev–Trinajstić information content (AvgIpc) is 3.31. The third-order valence-electron chi connectivity index (χ3n) is 4.55. The second kappa shape index (κ2) is 7.74. The molecule has 1 amide bonds. The Morgan fingerprint density at radius 1 is 1.38 bits per heavy atom. The van der Waals surface area contributed by atoms with Crippen LogP contribution in [0.4, 0.5) is 13.2 Å². The lowest BCUT2D eigenvalue weighted by Crippen LogP contribution is -2.54. The molecule has 1 aliphatic carbocycles. The molecule has 0 radical (unpaired) electrons. The first-order valence-electron chi connectivity index (χ1n) is 7.84. The van der Waals surface area contributed by atoms with E-state index in [1.54, 1.807) is 13.0 Å². The summed E-state index contributed by atoms with van der Waals surface area (Å²) < 4.78 is 38.2. The quantitative estimate of drug-likeness (QED) is 0.811. The van der Waals surface area contributed by atoms with Crippen molar-refractivity contribution in [2.75, 3.05) is 6.54 Å². The Labute approximate surface area is 146 Å². The van der Waals surface area contributed by atoms with Crippen molar-refractivity contribution in [2.24, 2.45) is 17.6 Å². The van der Waals surface area contributed by atoms with Crippen molar-refractivity contribution in [1.29, 1.82) is 0 Å². The Balaban J connectivity index is 0.00000288. The molecule has 7 heteroatoms. The molecule has 3 nitrogen and oxygen atoms in total. The van der Waals surface area contributed by atoms with E-state index in [1.165, 1.54) is 6.07 Å². The van der Waals surface area contributed by atoms with E-state index in [0.717, 1.165) is 25.0 Å². The molecule has 1 saturated carbocycles. The van der Waals surface area contributed by atoms with Gasteiger partial charge in [0.2, 0.25) is 5.91 Å². The van der Waals surface area contributed by atoms with Crippen LogP contribution >= 0.6 is 12.4 Å². The lowest BCUT2D eigenvalue weighted by Gasteiger charge is -2.31. The van der Waals surface area contributed by atoms with Crippen LogP contribution in [-0.2, 0) is 17.4 Å². The van der Waals surface area contributed by atoms with E-state index in [4.69, 9.17) is 5.73 Å². The van der Waals surface area contributed by atoms with Gasteiger partial charge in [-0.3, -0.25) is 4.79 Å². The van der Waals surface area contributed by atoms with Gasteiger partial charge in [-0.05, 0) is 43.7 Å². The van der Waals surface area contributed by atoms with E-state index in [-0.39, 0.29) is 24.7 Å². The van der Waals surface area contributed by atoms with Crippen LogP contribution in [0.25, 0.3) is 0 Å². The zero-order valence-electron chi connectivity index (χ0n) is 13.8. The summed E-state index contributed by atoms with van der Waals surface area (Å²) >= 11 is 0. The predicted octanol–water partition coefficient (Wildman–Crippen LogP) is 3.55. The maximum atomic E-state index is 12.7. The van der Waals surface area contributed by atoms with E-state index in [0.29, 0.717) is 18.0 Å². The van der Waals surface area contributed by atoms with E-state index < -0.39 is 23.2 Å². The first kappa shape index (κ1) is 20.8. The van der Waals surface area contributed by atoms with Crippen LogP contribution in [0.3, 0.4) is 0 Å². The largest absolute Gasteiger partial charge is 0.416 e. The molecule has 0 spiro atoms. The van der Waals surface area contributed by atoms with Crippen molar-refractivity contribution < 1.29 is 18.0 Å². The second-order valence-electron chi connectivity index (χ2n) is 6.69. The number of rotatable bonds is 6. The third-order valence-corrected chi connectivity index (χ3v) is 4.55. The highest BCUT2D eigenvalue weighted by molar-refractivity contribution is 5.85. The summed E-state index contributed by atoms with van der Waals surface area (Å²) in [5.74, 6) is -0.178. The summed E-state index contributed by atoms with van der Waals surface area (Å²) in [5, 5.41) is 2.98. The number of amides is 1. The number of benzene rings is 1. The monoisotopic (exact) mass is 364 g/mol. The van der Waals surface area contributed by atoms with Crippen molar-refractivity contribution in [3.05, 3.63) is 35.4 Å². The highest BCUT2D eigenvalue weighted by atomic mass is 35.5. The van der Waals surface area contributed by atoms with Crippen LogP contribution in [0.1, 0.15) is 37.8 Å². The Morgan fingerprint density at radius 3 is 2.50 bits per heavy atom. The minimum Gasteiger partial charge on any atom is -0.349 e. The summed E-state index contributed by atoms with van der Waals surface area (Å²) in [6.45, 7) is 4.01. The molecule has 0 heterocycles. The van der Waals surface area contributed by atoms with Gasteiger partial charge < -0.3 is 11.1 Å². The number of hydrogen-bond donors (Lipinski definition) is 2. The molecule has 136 valence electrons. The number of carbonyl (C=O) groups is 1. The number of nitrogens with one attached hydrogen (secondary N) is 1. The SMILES string of the molecule is CC(Cc1cccc(C(F)(F)F)c1)C(=O)NC(C)(CN)C1CC1.Cl. The Morgan fingerprint density at radius 2 is 2.00 bits per heavy atom. The first-order chi connectivity index (χ1) is 10.7. The van der Waals surface area contributed by atoms with Crippen molar-refractivity contribution in [1.82, 2.24) is 5.32 Å². The fourth-order valence-corrected chi connectivity index (χ4v) is 2.77. The molecule has 3 N–H and O–H groups in total. The van der Waals surface area contributed by atoms with Gasteiger partial charge in [0.25, 0.3) is 0 Å². The smallest absolute Gasteiger partial charge is 0.349 e. The number of alkyl halides is 3. The molecule has 0 aromatic heterocycles. The molecule has 0 bridgehead atoms. The lowest BCUT2D eigenvalue weighted by molar-refractivity contribution is -0.137. The van der Waals surface area contributed by atoms with Crippen LogP contribution in [0.5, 0.6) is 0 Å². The van der Waals surface area contributed by atoms with Crippen molar-refractivity contribution in [2.45, 2.75) is 44.8 Å². The predicted molar refractivity (Wildman–Crippen MR) is 89.9 cm³/mol.